The van der Waals surface area contributed by atoms with Gasteiger partial charge in [-0.1, -0.05) is 121 Å². The molecule has 7 aromatic carbocycles. The molecule has 0 spiro atoms. The fraction of sp³-hybridized carbons (Fsp3) is 0. The molecule has 0 aliphatic heterocycles. The van der Waals surface area contributed by atoms with Crippen molar-refractivity contribution in [3.05, 3.63) is 158 Å². The molecule has 0 radical (unpaired) electrons. The van der Waals surface area contributed by atoms with Gasteiger partial charge in [0.25, 0.3) is 0 Å². The number of nitrogens with zero attached hydrogens (tertiary/aromatic N) is 2. The van der Waals surface area contributed by atoms with Crippen LogP contribution in [0.25, 0.3) is 97.2 Å². The van der Waals surface area contributed by atoms with Crippen molar-refractivity contribution in [1.29, 1.82) is 0 Å². The van der Waals surface area contributed by atoms with Gasteiger partial charge >= 0.3 is 0 Å². The number of hydrogen-bond donors (Lipinski definition) is 0. The minimum Gasteiger partial charge on any atom is -0.245 e. The molecule has 3 heteroatoms. The first-order valence-corrected chi connectivity index (χ1v) is 16.7. The zero-order valence-corrected chi connectivity index (χ0v) is 26.1. The maximum Gasteiger partial charge on any atom is 0.0972 e. The maximum atomic E-state index is 5.27. The van der Waals surface area contributed by atoms with E-state index in [0.717, 1.165) is 44.3 Å². The Balaban J connectivity index is 1.10. The Hall–Kier alpha value is -5.90. The third-order valence-electron chi connectivity index (χ3n) is 9.43. The van der Waals surface area contributed by atoms with E-state index in [1.165, 1.54) is 52.8 Å². The van der Waals surface area contributed by atoms with Crippen molar-refractivity contribution in [2.45, 2.75) is 0 Å². The molecule has 218 valence electrons. The van der Waals surface area contributed by atoms with Crippen LogP contribution >= 0.6 is 11.3 Å². The highest BCUT2D eigenvalue weighted by molar-refractivity contribution is 7.25. The number of benzene rings is 7. The summed E-state index contributed by atoms with van der Waals surface area (Å²) in [6.07, 6.45) is 0. The standard InChI is InChI=1S/C44H26N2S/c1-2-11-33-30(8-1)25-38(35-13-4-3-12-34(33)35)29-9-7-10-31(24-29)39-22-19-27-16-17-28-20-23-40(46-44(28)43(27)45-39)32-18-21-37-36-14-5-6-15-41(36)47-42(37)26-32/h1-26H. The van der Waals surface area contributed by atoms with E-state index in [1.807, 2.05) is 11.3 Å². The molecule has 0 amide bonds. The molecule has 0 aliphatic carbocycles. The second kappa shape index (κ2) is 10.3. The number of pyridine rings is 2. The van der Waals surface area contributed by atoms with E-state index in [4.69, 9.17) is 9.97 Å². The van der Waals surface area contributed by atoms with Gasteiger partial charge in [0, 0.05) is 42.1 Å². The molecular formula is C44H26N2S. The number of fused-ring (bicyclic) bond motifs is 9. The summed E-state index contributed by atoms with van der Waals surface area (Å²) in [5.41, 5.74) is 8.37. The monoisotopic (exact) mass is 614 g/mol. The van der Waals surface area contributed by atoms with Gasteiger partial charge in [0.2, 0.25) is 0 Å². The number of rotatable bonds is 3. The van der Waals surface area contributed by atoms with Gasteiger partial charge in [-0.3, -0.25) is 0 Å². The van der Waals surface area contributed by atoms with E-state index in [2.05, 4.69) is 158 Å². The van der Waals surface area contributed by atoms with E-state index in [-0.39, 0.29) is 0 Å². The third-order valence-corrected chi connectivity index (χ3v) is 10.6. The van der Waals surface area contributed by atoms with Crippen molar-refractivity contribution >= 4 is 74.9 Å². The van der Waals surface area contributed by atoms with E-state index in [0.29, 0.717) is 0 Å². The lowest BCUT2D eigenvalue weighted by molar-refractivity contribution is 1.37. The average Bonchev–Trinajstić information content (AvgIpc) is 3.52. The first kappa shape index (κ1) is 26.3. The minimum atomic E-state index is 0.923. The highest BCUT2D eigenvalue weighted by atomic mass is 32.1. The molecule has 0 saturated carbocycles. The van der Waals surface area contributed by atoms with Crippen LogP contribution in [0.4, 0.5) is 0 Å². The van der Waals surface area contributed by atoms with E-state index < -0.39 is 0 Å². The Labute approximate surface area is 275 Å². The van der Waals surface area contributed by atoms with Crippen LogP contribution in [-0.2, 0) is 0 Å². The van der Waals surface area contributed by atoms with Crippen LogP contribution in [0.3, 0.4) is 0 Å². The van der Waals surface area contributed by atoms with Gasteiger partial charge in [-0.2, -0.15) is 0 Å². The van der Waals surface area contributed by atoms with E-state index in [1.54, 1.807) is 0 Å². The van der Waals surface area contributed by atoms with Crippen LogP contribution in [0.15, 0.2) is 158 Å². The van der Waals surface area contributed by atoms with Crippen molar-refractivity contribution in [1.82, 2.24) is 9.97 Å². The molecule has 0 saturated heterocycles. The van der Waals surface area contributed by atoms with Crippen molar-refractivity contribution in [2.24, 2.45) is 0 Å². The molecule has 47 heavy (non-hydrogen) atoms. The van der Waals surface area contributed by atoms with Crippen molar-refractivity contribution in [3.8, 4) is 33.6 Å². The predicted molar refractivity (Wildman–Crippen MR) is 201 cm³/mol. The van der Waals surface area contributed by atoms with Gasteiger partial charge in [-0.15, -0.1) is 11.3 Å². The highest BCUT2D eigenvalue weighted by Gasteiger charge is 2.13. The van der Waals surface area contributed by atoms with E-state index in [9.17, 15) is 0 Å². The molecule has 0 unspecified atom stereocenters. The third kappa shape index (κ3) is 4.25. The lowest BCUT2D eigenvalue weighted by Gasteiger charge is -2.12. The van der Waals surface area contributed by atoms with E-state index >= 15 is 0 Å². The number of hydrogen-bond acceptors (Lipinski definition) is 3. The summed E-state index contributed by atoms with van der Waals surface area (Å²) < 4.78 is 2.59. The van der Waals surface area contributed by atoms with Crippen LogP contribution in [0, 0.1) is 0 Å². The van der Waals surface area contributed by atoms with Gasteiger partial charge in [0.15, 0.2) is 0 Å². The Kier molecular flexibility index (Phi) is 5.78. The van der Waals surface area contributed by atoms with Crippen LogP contribution in [0.5, 0.6) is 0 Å². The SMILES string of the molecule is c1cc(-c2ccc3ccc4ccc(-c5ccc6c(c5)sc5ccccc56)nc4c3n2)cc(-c2cc3ccccc3c3ccccc23)c1. The van der Waals surface area contributed by atoms with Crippen LogP contribution in [0.1, 0.15) is 0 Å². The maximum absolute atomic E-state index is 5.27. The van der Waals surface area contributed by atoms with Crippen molar-refractivity contribution < 1.29 is 0 Å². The summed E-state index contributed by atoms with van der Waals surface area (Å²) in [6.45, 7) is 0. The van der Waals surface area contributed by atoms with Gasteiger partial charge in [0.1, 0.15) is 0 Å². The molecular weight excluding hydrogens is 589 g/mol. The molecule has 0 bridgehead atoms. The molecule has 10 aromatic rings. The topological polar surface area (TPSA) is 25.8 Å². The lowest BCUT2D eigenvalue weighted by Crippen LogP contribution is -1.91. The summed E-state index contributed by atoms with van der Waals surface area (Å²) in [5, 5.41) is 9.84. The largest absolute Gasteiger partial charge is 0.245 e. The van der Waals surface area contributed by atoms with Gasteiger partial charge < -0.3 is 0 Å². The van der Waals surface area contributed by atoms with Gasteiger partial charge in [-0.05, 0) is 69.1 Å². The summed E-state index contributed by atoms with van der Waals surface area (Å²) in [5.74, 6) is 0. The normalized spacial score (nSPS) is 11.8. The minimum absolute atomic E-state index is 0.923. The fourth-order valence-corrected chi connectivity index (χ4v) is 8.26. The quantitative estimate of drug-likeness (QED) is 0.185. The number of thiophene rings is 1. The second-order valence-corrected chi connectivity index (χ2v) is 13.3. The van der Waals surface area contributed by atoms with Crippen molar-refractivity contribution in [3.63, 3.8) is 0 Å². The lowest BCUT2D eigenvalue weighted by atomic mass is 9.92. The molecule has 0 fully saturated rings. The van der Waals surface area contributed by atoms with Crippen molar-refractivity contribution in [2.75, 3.05) is 0 Å². The summed E-state index contributed by atoms with van der Waals surface area (Å²) in [6, 6.07) is 56.7. The molecule has 3 heterocycles. The highest BCUT2D eigenvalue weighted by Crippen LogP contribution is 2.38. The summed E-state index contributed by atoms with van der Waals surface area (Å²) >= 11 is 1.84. The Morgan fingerprint density at radius 2 is 0.936 bits per heavy atom. The predicted octanol–water partition coefficient (Wildman–Crippen LogP) is 12.5. The molecule has 0 N–H and O–H groups in total. The molecule has 2 nitrogen and oxygen atoms in total. The summed E-state index contributed by atoms with van der Waals surface area (Å²) in [4.78, 5) is 10.5. The summed E-state index contributed by atoms with van der Waals surface area (Å²) in [7, 11) is 0. The Morgan fingerprint density at radius 3 is 1.72 bits per heavy atom. The van der Waals surface area contributed by atoms with Gasteiger partial charge in [0.05, 0.1) is 22.4 Å². The second-order valence-electron chi connectivity index (χ2n) is 12.2. The van der Waals surface area contributed by atoms with Crippen LogP contribution in [0.2, 0.25) is 0 Å². The van der Waals surface area contributed by atoms with Crippen LogP contribution in [-0.4, -0.2) is 9.97 Å². The Bertz CT molecular complexity index is 2860. The number of aromatic nitrogens is 2. The first-order chi connectivity index (χ1) is 23.3. The first-order valence-electron chi connectivity index (χ1n) is 15.9. The fourth-order valence-electron chi connectivity index (χ4n) is 7.11. The Morgan fingerprint density at radius 1 is 0.340 bits per heavy atom. The zero-order chi connectivity index (χ0) is 30.9. The smallest absolute Gasteiger partial charge is 0.0972 e. The van der Waals surface area contributed by atoms with Crippen LogP contribution < -0.4 is 0 Å². The van der Waals surface area contributed by atoms with Gasteiger partial charge in [-0.25, -0.2) is 9.97 Å². The molecule has 0 aliphatic rings. The molecule has 0 atom stereocenters. The zero-order valence-electron chi connectivity index (χ0n) is 25.3. The molecule has 10 rings (SSSR count). The molecule has 3 aromatic heterocycles. The average molecular weight is 615 g/mol.